The van der Waals surface area contributed by atoms with E-state index in [1.807, 2.05) is 13.8 Å². The van der Waals surface area contributed by atoms with Gasteiger partial charge in [-0.05, 0) is 54.8 Å². The third-order valence-electron chi connectivity index (χ3n) is 5.63. The van der Waals surface area contributed by atoms with E-state index >= 15 is 0 Å². The van der Waals surface area contributed by atoms with Crippen LogP contribution in [-0.4, -0.2) is 41.7 Å². The van der Waals surface area contributed by atoms with Crippen molar-refractivity contribution in [2.45, 2.75) is 38.1 Å². The maximum atomic E-state index is 14.3. The molecule has 4 rings (SSSR count). The molecule has 2 heterocycles. The minimum absolute atomic E-state index is 0.0289. The smallest absolute Gasteiger partial charge is 0.260 e. The Hall–Kier alpha value is -3.28. The summed E-state index contributed by atoms with van der Waals surface area (Å²) < 4.78 is 56.0. The molecule has 1 amide bonds. The zero-order valence-electron chi connectivity index (χ0n) is 20.4. The Morgan fingerprint density at radius 2 is 1.73 bits per heavy atom. The monoisotopic (exact) mass is 544 g/mol. The van der Waals surface area contributed by atoms with Crippen LogP contribution in [0.25, 0.3) is 10.2 Å². The summed E-state index contributed by atoms with van der Waals surface area (Å²) in [4.78, 5) is 23.4. The summed E-state index contributed by atoms with van der Waals surface area (Å²) in [5.41, 5.74) is 0.903. The van der Waals surface area contributed by atoms with Gasteiger partial charge in [0.05, 0.1) is 16.1 Å². The lowest BCUT2D eigenvalue weighted by atomic mass is 10.2. The molecule has 0 N–H and O–H groups in total. The molecule has 7 nitrogen and oxygen atoms in total. The summed E-state index contributed by atoms with van der Waals surface area (Å²) >= 11 is 0.989. The lowest BCUT2D eigenvalue weighted by Gasteiger charge is -2.22. The second-order valence-electron chi connectivity index (χ2n) is 8.41. The minimum Gasteiger partial charge on any atom is -0.279 e. The molecule has 0 unspecified atom stereocenters. The highest BCUT2D eigenvalue weighted by Crippen LogP contribution is 2.33. The Morgan fingerprint density at radius 3 is 2.35 bits per heavy atom. The lowest BCUT2D eigenvalue weighted by molar-refractivity contribution is 0.0985. The molecule has 0 aliphatic rings. The maximum absolute atomic E-state index is 14.3. The van der Waals surface area contributed by atoms with Crippen LogP contribution < -0.4 is 4.90 Å². The van der Waals surface area contributed by atoms with Gasteiger partial charge in [0.2, 0.25) is 10.0 Å². The molecule has 0 aliphatic carbocycles. The number of pyridine rings is 1. The number of sulfonamides is 1. The molecule has 2 aromatic heterocycles. The van der Waals surface area contributed by atoms with Gasteiger partial charge in [0.1, 0.15) is 11.3 Å². The Bertz CT molecular complexity index is 1490. The van der Waals surface area contributed by atoms with Gasteiger partial charge in [0.25, 0.3) is 5.91 Å². The molecular weight excluding hydrogens is 518 g/mol. The van der Waals surface area contributed by atoms with Crippen molar-refractivity contribution in [2.75, 3.05) is 18.0 Å². The molecule has 2 aromatic carbocycles. The van der Waals surface area contributed by atoms with Gasteiger partial charge in [-0.15, -0.1) is 0 Å². The summed E-state index contributed by atoms with van der Waals surface area (Å²) in [6.07, 6.45) is 4.57. The highest BCUT2D eigenvalue weighted by molar-refractivity contribution is 7.89. The van der Waals surface area contributed by atoms with Crippen LogP contribution in [0.3, 0.4) is 0 Å². The SMILES string of the molecule is CCCN(CCC)S(=O)(=O)c1ccc(C(=O)N(Cc2cccnc2)c2nc3c(F)cc(F)cc3s2)cc1. The molecule has 0 saturated carbocycles. The van der Waals surface area contributed by atoms with Gasteiger partial charge >= 0.3 is 0 Å². The van der Waals surface area contributed by atoms with Gasteiger partial charge in [-0.1, -0.05) is 31.3 Å². The second kappa shape index (κ2) is 11.4. The van der Waals surface area contributed by atoms with E-state index in [0.29, 0.717) is 31.5 Å². The third kappa shape index (κ3) is 5.84. The van der Waals surface area contributed by atoms with Gasteiger partial charge in [-0.25, -0.2) is 22.2 Å². The number of amides is 1. The first kappa shape index (κ1) is 26.8. The number of fused-ring (bicyclic) bond motifs is 1. The van der Waals surface area contributed by atoms with Crippen molar-refractivity contribution in [1.29, 1.82) is 0 Å². The van der Waals surface area contributed by atoms with Gasteiger partial charge in [-0.3, -0.25) is 14.7 Å². The predicted molar refractivity (Wildman–Crippen MR) is 140 cm³/mol. The Labute approximate surface area is 218 Å². The van der Waals surface area contributed by atoms with Gasteiger partial charge < -0.3 is 0 Å². The molecule has 0 saturated heterocycles. The number of halogens is 2. The van der Waals surface area contributed by atoms with Crippen molar-refractivity contribution in [3.05, 3.63) is 83.7 Å². The van der Waals surface area contributed by atoms with Crippen LogP contribution in [0.5, 0.6) is 0 Å². The van der Waals surface area contributed by atoms with Crippen LogP contribution in [0.2, 0.25) is 0 Å². The fraction of sp³-hybridized carbons (Fsp3) is 0.269. The van der Waals surface area contributed by atoms with Crippen LogP contribution >= 0.6 is 11.3 Å². The number of carbonyl (C=O) groups is 1. The first-order valence-electron chi connectivity index (χ1n) is 11.8. The summed E-state index contributed by atoms with van der Waals surface area (Å²) in [5, 5.41) is 0.183. The van der Waals surface area contributed by atoms with Crippen LogP contribution in [0.1, 0.15) is 42.6 Å². The van der Waals surface area contributed by atoms with Crippen molar-refractivity contribution >= 4 is 42.6 Å². The van der Waals surface area contributed by atoms with Crippen LogP contribution in [-0.2, 0) is 16.6 Å². The fourth-order valence-corrected chi connectivity index (χ4v) is 6.51. The van der Waals surface area contributed by atoms with Crippen molar-refractivity contribution < 1.29 is 22.0 Å². The van der Waals surface area contributed by atoms with E-state index in [2.05, 4.69) is 9.97 Å². The molecule has 37 heavy (non-hydrogen) atoms. The molecule has 11 heteroatoms. The molecule has 0 radical (unpaired) electrons. The maximum Gasteiger partial charge on any atom is 0.260 e. The highest BCUT2D eigenvalue weighted by Gasteiger charge is 2.26. The predicted octanol–water partition coefficient (Wildman–Crippen LogP) is 5.63. The average molecular weight is 545 g/mol. The van der Waals surface area contributed by atoms with E-state index < -0.39 is 27.6 Å². The summed E-state index contributed by atoms with van der Waals surface area (Å²) in [5.74, 6) is -2.02. The normalized spacial score (nSPS) is 11.8. The van der Waals surface area contributed by atoms with Gasteiger partial charge in [0.15, 0.2) is 10.9 Å². The summed E-state index contributed by atoms with van der Waals surface area (Å²) in [6, 6.07) is 11.2. The molecule has 194 valence electrons. The second-order valence-corrected chi connectivity index (χ2v) is 11.4. The lowest BCUT2D eigenvalue weighted by Crippen LogP contribution is -2.33. The van der Waals surface area contributed by atoms with E-state index in [1.54, 1.807) is 24.5 Å². The van der Waals surface area contributed by atoms with E-state index in [4.69, 9.17) is 0 Å². The number of rotatable bonds is 10. The number of carbonyl (C=O) groups excluding carboxylic acids is 1. The first-order chi connectivity index (χ1) is 17.7. The fourth-order valence-electron chi connectivity index (χ4n) is 3.89. The summed E-state index contributed by atoms with van der Waals surface area (Å²) in [7, 11) is -3.70. The largest absolute Gasteiger partial charge is 0.279 e. The summed E-state index contributed by atoms with van der Waals surface area (Å²) in [6.45, 7) is 4.73. The Kier molecular flexibility index (Phi) is 8.25. The average Bonchev–Trinajstić information content (AvgIpc) is 3.31. The highest BCUT2D eigenvalue weighted by atomic mass is 32.2. The van der Waals surface area contributed by atoms with E-state index in [0.717, 1.165) is 17.4 Å². The molecular formula is C26H26F2N4O3S2. The molecule has 0 spiro atoms. The molecule has 0 aliphatic heterocycles. The Morgan fingerprint density at radius 1 is 1.03 bits per heavy atom. The molecule has 0 bridgehead atoms. The standard InChI is InChI=1S/C26H26F2N4O3S2/c1-3-12-31(13-4-2)37(34,35)21-9-7-19(8-10-21)25(33)32(17-18-6-5-11-29-16-18)26-30-24-22(28)14-20(27)15-23(24)36-26/h5-11,14-16H,3-4,12-13,17H2,1-2H3. The number of anilines is 1. The van der Waals surface area contributed by atoms with Crippen LogP contribution in [0.15, 0.2) is 65.8 Å². The molecule has 0 atom stereocenters. The topological polar surface area (TPSA) is 83.5 Å². The first-order valence-corrected chi connectivity index (χ1v) is 14.1. The quantitative estimate of drug-likeness (QED) is 0.259. The van der Waals surface area contributed by atoms with Crippen LogP contribution in [0.4, 0.5) is 13.9 Å². The number of hydrogen-bond donors (Lipinski definition) is 0. The minimum atomic E-state index is -3.70. The van der Waals surface area contributed by atoms with Gasteiger partial charge in [-0.2, -0.15) is 4.31 Å². The number of nitrogens with zero attached hydrogens (tertiary/aromatic N) is 4. The van der Waals surface area contributed by atoms with Gasteiger partial charge in [0, 0.05) is 37.1 Å². The van der Waals surface area contributed by atoms with Crippen molar-refractivity contribution in [1.82, 2.24) is 14.3 Å². The van der Waals surface area contributed by atoms with Crippen molar-refractivity contribution in [3.63, 3.8) is 0 Å². The number of thiazole rings is 1. The van der Waals surface area contributed by atoms with Crippen LogP contribution in [0, 0.1) is 11.6 Å². The number of benzene rings is 2. The van der Waals surface area contributed by atoms with E-state index in [1.165, 1.54) is 39.5 Å². The van der Waals surface area contributed by atoms with Crippen molar-refractivity contribution in [2.24, 2.45) is 0 Å². The van der Waals surface area contributed by atoms with E-state index in [9.17, 15) is 22.0 Å². The van der Waals surface area contributed by atoms with Crippen molar-refractivity contribution in [3.8, 4) is 0 Å². The Balaban J connectivity index is 1.70. The molecule has 4 aromatic rings. The zero-order chi connectivity index (χ0) is 26.6. The molecule has 0 fully saturated rings. The number of aromatic nitrogens is 2. The number of hydrogen-bond acceptors (Lipinski definition) is 6. The van der Waals surface area contributed by atoms with E-state index in [-0.39, 0.29) is 32.4 Å². The zero-order valence-corrected chi connectivity index (χ0v) is 22.0. The third-order valence-corrected chi connectivity index (χ3v) is 8.56.